The second-order valence-corrected chi connectivity index (χ2v) is 5.62. The highest BCUT2D eigenvalue weighted by Crippen LogP contribution is 2.18. The molecular formula is C14H20N2O5. The van der Waals surface area contributed by atoms with E-state index in [4.69, 9.17) is 4.74 Å². The summed E-state index contributed by atoms with van der Waals surface area (Å²) in [6.45, 7) is 4.45. The molecule has 0 unspecified atom stereocenters. The quantitative estimate of drug-likeness (QED) is 0.638. The normalized spacial score (nSPS) is 14.1. The standard InChI is InChI=1S/C14H20N2O5/c1-14(2,3)21-13(18)15-12(11(17)9-16(19)20)10-7-5-4-6-8-10/h4-8,11-12,17H,9H2,1-3H3,(H,15,18)/t11-,12+/m1/s1. The van der Waals surface area contributed by atoms with E-state index in [0.29, 0.717) is 5.56 Å². The van der Waals surface area contributed by atoms with Crippen LogP contribution in [-0.4, -0.2) is 34.4 Å². The Balaban J connectivity index is 2.87. The van der Waals surface area contributed by atoms with Gasteiger partial charge in [0, 0.05) is 4.92 Å². The highest BCUT2D eigenvalue weighted by Gasteiger charge is 2.28. The molecule has 7 heteroatoms. The van der Waals surface area contributed by atoms with Gasteiger partial charge in [0.05, 0.1) is 6.04 Å². The highest BCUT2D eigenvalue weighted by molar-refractivity contribution is 5.68. The highest BCUT2D eigenvalue weighted by atomic mass is 16.6. The van der Waals surface area contributed by atoms with Crippen molar-refractivity contribution in [3.8, 4) is 0 Å². The Morgan fingerprint density at radius 1 is 1.38 bits per heavy atom. The molecule has 0 spiro atoms. The van der Waals surface area contributed by atoms with E-state index in [1.165, 1.54) is 0 Å². The van der Waals surface area contributed by atoms with E-state index in [1.807, 2.05) is 0 Å². The van der Waals surface area contributed by atoms with Gasteiger partial charge in [-0.3, -0.25) is 10.1 Å². The van der Waals surface area contributed by atoms with Crippen molar-refractivity contribution < 1.29 is 19.6 Å². The molecule has 2 N–H and O–H groups in total. The molecule has 0 radical (unpaired) electrons. The lowest BCUT2D eigenvalue weighted by Gasteiger charge is -2.25. The second kappa shape index (κ2) is 7.03. The van der Waals surface area contributed by atoms with E-state index in [-0.39, 0.29) is 0 Å². The van der Waals surface area contributed by atoms with Crippen molar-refractivity contribution in [1.82, 2.24) is 5.32 Å². The molecule has 0 heterocycles. The molecule has 0 aromatic heterocycles. The molecule has 7 nitrogen and oxygen atoms in total. The SMILES string of the molecule is CC(C)(C)OC(=O)N[C@@H](c1ccccc1)[C@H](O)C[N+](=O)[O-]. The fourth-order valence-electron chi connectivity index (χ4n) is 1.75. The van der Waals surface area contributed by atoms with Crippen LogP contribution in [0.25, 0.3) is 0 Å². The third-order valence-corrected chi connectivity index (χ3v) is 2.55. The van der Waals surface area contributed by atoms with Crippen LogP contribution in [0.3, 0.4) is 0 Å². The monoisotopic (exact) mass is 296 g/mol. The number of amides is 1. The van der Waals surface area contributed by atoms with Gasteiger partial charge in [0.2, 0.25) is 6.54 Å². The van der Waals surface area contributed by atoms with Gasteiger partial charge in [-0.1, -0.05) is 30.3 Å². The van der Waals surface area contributed by atoms with Gasteiger partial charge in [-0.25, -0.2) is 4.79 Å². The van der Waals surface area contributed by atoms with Crippen molar-refractivity contribution in [2.24, 2.45) is 0 Å². The Bertz CT molecular complexity index is 484. The number of alkyl carbamates (subject to hydrolysis) is 1. The van der Waals surface area contributed by atoms with Crippen LogP contribution in [0.2, 0.25) is 0 Å². The first kappa shape index (κ1) is 16.9. The maximum Gasteiger partial charge on any atom is 0.408 e. The first-order valence-corrected chi connectivity index (χ1v) is 6.53. The van der Waals surface area contributed by atoms with Crippen molar-refractivity contribution in [1.29, 1.82) is 0 Å². The third-order valence-electron chi connectivity index (χ3n) is 2.55. The van der Waals surface area contributed by atoms with Crippen LogP contribution in [0.15, 0.2) is 30.3 Å². The zero-order chi connectivity index (χ0) is 16.0. The van der Waals surface area contributed by atoms with Gasteiger partial charge >= 0.3 is 6.09 Å². The summed E-state index contributed by atoms with van der Waals surface area (Å²) in [5, 5.41) is 23.0. The Labute approximate surface area is 123 Å². The zero-order valence-electron chi connectivity index (χ0n) is 12.3. The smallest absolute Gasteiger partial charge is 0.408 e. The lowest BCUT2D eigenvalue weighted by atomic mass is 10.0. The number of rotatable bonds is 5. The zero-order valence-corrected chi connectivity index (χ0v) is 12.3. The molecule has 0 saturated heterocycles. The van der Waals surface area contributed by atoms with Gasteiger partial charge in [0.15, 0.2) is 0 Å². The lowest BCUT2D eigenvalue weighted by Crippen LogP contribution is -2.42. The molecule has 0 saturated carbocycles. The topological polar surface area (TPSA) is 102 Å². The fraction of sp³-hybridized carbons (Fsp3) is 0.500. The number of nitrogens with zero attached hydrogens (tertiary/aromatic N) is 1. The summed E-state index contributed by atoms with van der Waals surface area (Å²) in [5.74, 6) is 0. The molecule has 0 fully saturated rings. The maximum atomic E-state index is 11.8. The van der Waals surface area contributed by atoms with Crippen LogP contribution in [0.5, 0.6) is 0 Å². The van der Waals surface area contributed by atoms with Gasteiger partial charge < -0.3 is 15.2 Å². The molecular weight excluding hydrogens is 276 g/mol. The first-order chi connectivity index (χ1) is 9.69. The molecule has 0 aliphatic carbocycles. The van der Waals surface area contributed by atoms with E-state index in [2.05, 4.69) is 5.32 Å². The third kappa shape index (κ3) is 6.22. The van der Waals surface area contributed by atoms with Crippen LogP contribution in [0.1, 0.15) is 32.4 Å². The number of hydrogen-bond donors (Lipinski definition) is 2. The summed E-state index contributed by atoms with van der Waals surface area (Å²) in [6.07, 6.45) is -2.09. The van der Waals surface area contributed by atoms with Gasteiger partial charge in [0.1, 0.15) is 11.7 Å². The van der Waals surface area contributed by atoms with Crippen LogP contribution in [0, 0.1) is 10.1 Å². The minimum absolute atomic E-state index is 0.567. The second-order valence-electron chi connectivity index (χ2n) is 5.62. The van der Waals surface area contributed by atoms with Crippen LogP contribution < -0.4 is 5.32 Å². The van der Waals surface area contributed by atoms with Crippen LogP contribution >= 0.6 is 0 Å². The summed E-state index contributed by atoms with van der Waals surface area (Å²) < 4.78 is 5.11. The van der Waals surface area contributed by atoms with Crippen LogP contribution in [0.4, 0.5) is 4.79 Å². The molecule has 116 valence electrons. The van der Waals surface area contributed by atoms with Gasteiger partial charge in [-0.15, -0.1) is 0 Å². The van der Waals surface area contributed by atoms with Gasteiger partial charge in [-0.2, -0.15) is 0 Å². The average Bonchev–Trinajstić information content (AvgIpc) is 2.34. The Morgan fingerprint density at radius 2 is 1.95 bits per heavy atom. The predicted molar refractivity (Wildman–Crippen MR) is 76.4 cm³/mol. The number of aliphatic hydroxyl groups is 1. The van der Waals surface area contributed by atoms with E-state index >= 15 is 0 Å². The number of aliphatic hydroxyl groups excluding tert-OH is 1. The first-order valence-electron chi connectivity index (χ1n) is 6.53. The minimum atomic E-state index is -1.35. The number of carbonyl (C=O) groups is 1. The lowest BCUT2D eigenvalue weighted by molar-refractivity contribution is -0.491. The molecule has 1 rings (SSSR count). The van der Waals surface area contributed by atoms with E-state index in [9.17, 15) is 20.0 Å². The number of nitro groups is 1. The molecule has 1 aromatic carbocycles. The predicted octanol–water partition coefficient (Wildman–Crippen LogP) is 1.89. The summed E-state index contributed by atoms with van der Waals surface area (Å²) >= 11 is 0. The van der Waals surface area contributed by atoms with Crippen molar-refractivity contribution in [3.05, 3.63) is 46.0 Å². The molecule has 0 bridgehead atoms. The van der Waals surface area contributed by atoms with Crippen molar-refractivity contribution in [3.63, 3.8) is 0 Å². The number of benzene rings is 1. The van der Waals surface area contributed by atoms with Crippen molar-refractivity contribution in [2.75, 3.05) is 6.54 Å². The Kier molecular flexibility index (Phi) is 5.66. The van der Waals surface area contributed by atoms with Gasteiger partial charge in [-0.05, 0) is 26.3 Å². The average molecular weight is 296 g/mol. The maximum absolute atomic E-state index is 11.8. The van der Waals surface area contributed by atoms with Crippen molar-refractivity contribution >= 4 is 6.09 Å². The Morgan fingerprint density at radius 3 is 2.43 bits per heavy atom. The summed E-state index contributed by atoms with van der Waals surface area (Å²) in [5.41, 5.74) is -0.128. The summed E-state index contributed by atoms with van der Waals surface area (Å²) in [6, 6.07) is 7.65. The van der Waals surface area contributed by atoms with E-state index in [1.54, 1.807) is 51.1 Å². The Hall–Kier alpha value is -2.15. The van der Waals surface area contributed by atoms with Crippen molar-refractivity contribution in [2.45, 2.75) is 38.5 Å². The molecule has 0 aliphatic rings. The minimum Gasteiger partial charge on any atom is -0.444 e. The largest absolute Gasteiger partial charge is 0.444 e. The van der Waals surface area contributed by atoms with E-state index < -0.39 is 35.3 Å². The van der Waals surface area contributed by atoms with Crippen LogP contribution in [-0.2, 0) is 4.74 Å². The molecule has 0 aliphatic heterocycles. The van der Waals surface area contributed by atoms with Gasteiger partial charge in [0.25, 0.3) is 0 Å². The number of nitrogens with one attached hydrogen (secondary N) is 1. The summed E-state index contributed by atoms with van der Waals surface area (Å²) in [7, 11) is 0. The summed E-state index contributed by atoms with van der Waals surface area (Å²) in [4.78, 5) is 21.8. The molecule has 1 aromatic rings. The fourth-order valence-corrected chi connectivity index (χ4v) is 1.75. The number of hydrogen-bond acceptors (Lipinski definition) is 5. The van der Waals surface area contributed by atoms with E-state index in [0.717, 1.165) is 0 Å². The molecule has 21 heavy (non-hydrogen) atoms. The molecule has 1 amide bonds. The number of ether oxygens (including phenoxy) is 1. The number of carbonyl (C=O) groups excluding carboxylic acids is 1. The molecule has 2 atom stereocenters.